The molecule has 1 atom stereocenters. The predicted octanol–water partition coefficient (Wildman–Crippen LogP) is 3.91. The standard InChI is InChI=1S/C19H23NO4/c1-12-6-5-8-15-13(2)18(24-17(12)15)19(23)20-11-4-3-7-14(20)9-10-16(21)22/h5-6,8,14H,3-4,7,9-11H2,1-2H3,(H,21,22). The van der Waals surface area contributed by atoms with E-state index in [9.17, 15) is 9.59 Å². The SMILES string of the molecule is Cc1c(C(=O)N2CCCCC2CCC(=O)O)oc2c(C)cccc12. The van der Waals surface area contributed by atoms with Gasteiger partial charge in [-0.15, -0.1) is 0 Å². The van der Waals surface area contributed by atoms with E-state index in [0.717, 1.165) is 41.4 Å². The van der Waals surface area contributed by atoms with Crippen molar-refractivity contribution in [2.75, 3.05) is 6.54 Å². The Morgan fingerprint density at radius 2 is 2.08 bits per heavy atom. The lowest BCUT2D eigenvalue weighted by Gasteiger charge is -2.35. The zero-order valence-corrected chi connectivity index (χ0v) is 14.2. The lowest BCUT2D eigenvalue weighted by atomic mass is 9.97. The number of aryl methyl sites for hydroxylation is 2. The number of amides is 1. The first-order valence-electron chi connectivity index (χ1n) is 8.50. The summed E-state index contributed by atoms with van der Waals surface area (Å²) in [6.45, 7) is 4.55. The summed E-state index contributed by atoms with van der Waals surface area (Å²) >= 11 is 0. The van der Waals surface area contributed by atoms with E-state index in [2.05, 4.69) is 0 Å². The first kappa shape index (κ1) is 16.6. The number of hydrogen-bond donors (Lipinski definition) is 1. The van der Waals surface area contributed by atoms with Crippen LogP contribution in [0.2, 0.25) is 0 Å². The lowest BCUT2D eigenvalue weighted by molar-refractivity contribution is -0.137. The van der Waals surface area contributed by atoms with Crippen LogP contribution >= 0.6 is 0 Å². The molecule has 1 fully saturated rings. The Hall–Kier alpha value is -2.30. The van der Waals surface area contributed by atoms with Crippen LogP contribution in [0.4, 0.5) is 0 Å². The third kappa shape index (κ3) is 3.03. The Bertz CT molecular complexity index is 777. The van der Waals surface area contributed by atoms with Crippen LogP contribution in [0, 0.1) is 13.8 Å². The zero-order chi connectivity index (χ0) is 17.3. The molecule has 2 heterocycles. The maximum Gasteiger partial charge on any atom is 0.303 e. The van der Waals surface area contributed by atoms with Crippen molar-refractivity contribution in [2.45, 2.75) is 52.0 Å². The number of carboxylic acid groups (broad SMARTS) is 1. The minimum atomic E-state index is -0.816. The van der Waals surface area contributed by atoms with Crippen LogP contribution < -0.4 is 0 Å². The largest absolute Gasteiger partial charge is 0.481 e. The van der Waals surface area contributed by atoms with Crippen LogP contribution in [-0.4, -0.2) is 34.5 Å². The molecule has 0 saturated carbocycles. The Labute approximate surface area is 141 Å². The van der Waals surface area contributed by atoms with Crippen molar-refractivity contribution in [1.82, 2.24) is 4.90 Å². The molecule has 1 amide bonds. The highest BCUT2D eigenvalue weighted by Gasteiger charge is 2.31. The smallest absolute Gasteiger partial charge is 0.303 e. The Balaban J connectivity index is 1.90. The first-order valence-corrected chi connectivity index (χ1v) is 8.50. The molecule has 24 heavy (non-hydrogen) atoms. The highest BCUT2D eigenvalue weighted by Crippen LogP contribution is 2.30. The van der Waals surface area contributed by atoms with Gasteiger partial charge in [-0.25, -0.2) is 0 Å². The second kappa shape index (κ2) is 6.67. The fourth-order valence-electron chi connectivity index (χ4n) is 3.58. The Kier molecular flexibility index (Phi) is 4.60. The third-order valence-corrected chi connectivity index (χ3v) is 4.93. The summed E-state index contributed by atoms with van der Waals surface area (Å²) in [4.78, 5) is 25.7. The minimum Gasteiger partial charge on any atom is -0.481 e. The van der Waals surface area contributed by atoms with Gasteiger partial charge in [0.2, 0.25) is 0 Å². The van der Waals surface area contributed by atoms with E-state index in [1.54, 1.807) is 0 Å². The van der Waals surface area contributed by atoms with Gasteiger partial charge < -0.3 is 14.4 Å². The van der Waals surface area contributed by atoms with Crippen molar-refractivity contribution >= 4 is 22.8 Å². The van der Waals surface area contributed by atoms with Crippen molar-refractivity contribution < 1.29 is 19.1 Å². The van der Waals surface area contributed by atoms with Crippen LogP contribution in [0.25, 0.3) is 11.0 Å². The van der Waals surface area contributed by atoms with Gasteiger partial charge in [0.1, 0.15) is 5.58 Å². The van der Waals surface area contributed by atoms with E-state index in [4.69, 9.17) is 9.52 Å². The fraction of sp³-hybridized carbons (Fsp3) is 0.474. The highest BCUT2D eigenvalue weighted by molar-refractivity contribution is 5.99. The van der Waals surface area contributed by atoms with E-state index < -0.39 is 5.97 Å². The molecule has 0 radical (unpaired) electrons. The van der Waals surface area contributed by atoms with E-state index in [0.29, 0.717) is 18.7 Å². The average Bonchev–Trinajstić information content (AvgIpc) is 2.91. The molecule has 1 aromatic carbocycles. The van der Waals surface area contributed by atoms with Gasteiger partial charge in [0.15, 0.2) is 5.76 Å². The summed E-state index contributed by atoms with van der Waals surface area (Å²) in [7, 11) is 0. The maximum absolute atomic E-state index is 13.0. The normalized spacial score (nSPS) is 18.1. The van der Waals surface area contributed by atoms with Crippen LogP contribution in [0.5, 0.6) is 0 Å². The molecule has 5 nitrogen and oxygen atoms in total. The van der Waals surface area contributed by atoms with E-state index in [-0.39, 0.29) is 18.4 Å². The summed E-state index contributed by atoms with van der Waals surface area (Å²) in [5.74, 6) is -0.539. The Morgan fingerprint density at radius 3 is 2.79 bits per heavy atom. The summed E-state index contributed by atoms with van der Waals surface area (Å²) in [5, 5.41) is 9.90. The summed E-state index contributed by atoms with van der Waals surface area (Å²) < 4.78 is 5.91. The van der Waals surface area contributed by atoms with Crippen molar-refractivity contribution in [3.8, 4) is 0 Å². The molecule has 5 heteroatoms. The molecule has 2 aromatic rings. The van der Waals surface area contributed by atoms with Gasteiger partial charge in [0.25, 0.3) is 5.91 Å². The molecular formula is C19H23NO4. The molecule has 1 aliphatic rings. The molecule has 1 N–H and O–H groups in total. The topological polar surface area (TPSA) is 70.8 Å². The number of para-hydroxylation sites is 1. The van der Waals surface area contributed by atoms with Crippen molar-refractivity contribution in [2.24, 2.45) is 0 Å². The molecule has 0 spiro atoms. The van der Waals surface area contributed by atoms with Gasteiger partial charge in [-0.2, -0.15) is 0 Å². The number of rotatable bonds is 4. The van der Waals surface area contributed by atoms with Crippen LogP contribution in [0.15, 0.2) is 22.6 Å². The fourth-order valence-corrected chi connectivity index (χ4v) is 3.58. The molecule has 0 aliphatic carbocycles. The molecule has 1 aromatic heterocycles. The number of carboxylic acids is 1. The predicted molar refractivity (Wildman–Crippen MR) is 91.2 cm³/mol. The second-order valence-corrected chi connectivity index (χ2v) is 6.59. The number of hydrogen-bond acceptors (Lipinski definition) is 3. The van der Waals surface area contributed by atoms with Crippen molar-refractivity contribution in [3.63, 3.8) is 0 Å². The van der Waals surface area contributed by atoms with Gasteiger partial charge in [0.05, 0.1) is 0 Å². The number of aliphatic carboxylic acids is 1. The molecule has 1 unspecified atom stereocenters. The summed E-state index contributed by atoms with van der Waals surface area (Å²) in [5.41, 5.74) is 2.63. The number of carbonyl (C=O) groups is 2. The minimum absolute atomic E-state index is 0.0175. The van der Waals surface area contributed by atoms with Gasteiger partial charge in [-0.3, -0.25) is 9.59 Å². The van der Waals surface area contributed by atoms with Gasteiger partial charge >= 0.3 is 5.97 Å². The van der Waals surface area contributed by atoms with Gasteiger partial charge in [-0.05, 0) is 45.1 Å². The summed E-state index contributed by atoms with van der Waals surface area (Å²) in [6, 6.07) is 5.88. The van der Waals surface area contributed by atoms with Crippen molar-refractivity contribution in [1.29, 1.82) is 0 Å². The number of benzene rings is 1. The lowest BCUT2D eigenvalue weighted by Crippen LogP contribution is -2.44. The number of fused-ring (bicyclic) bond motifs is 1. The number of likely N-dealkylation sites (tertiary alicyclic amines) is 1. The van der Waals surface area contributed by atoms with Gasteiger partial charge in [0, 0.05) is 30.0 Å². The number of nitrogens with zero attached hydrogens (tertiary/aromatic N) is 1. The second-order valence-electron chi connectivity index (χ2n) is 6.59. The maximum atomic E-state index is 13.0. The van der Waals surface area contributed by atoms with Crippen LogP contribution in [-0.2, 0) is 4.79 Å². The number of furan rings is 1. The van der Waals surface area contributed by atoms with Crippen molar-refractivity contribution in [3.05, 3.63) is 35.1 Å². The van der Waals surface area contributed by atoms with E-state index >= 15 is 0 Å². The van der Waals surface area contributed by atoms with Crippen LogP contribution in [0.1, 0.15) is 53.8 Å². The zero-order valence-electron chi connectivity index (χ0n) is 14.2. The van der Waals surface area contributed by atoms with E-state index in [1.165, 1.54) is 0 Å². The molecule has 128 valence electrons. The average molecular weight is 329 g/mol. The monoisotopic (exact) mass is 329 g/mol. The third-order valence-electron chi connectivity index (χ3n) is 4.93. The first-order chi connectivity index (χ1) is 11.5. The number of piperidine rings is 1. The number of carbonyl (C=O) groups excluding carboxylic acids is 1. The molecule has 3 rings (SSSR count). The molecule has 0 bridgehead atoms. The van der Waals surface area contributed by atoms with E-state index in [1.807, 2.05) is 36.9 Å². The molecule has 1 saturated heterocycles. The molecular weight excluding hydrogens is 306 g/mol. The quantitative estimate of drug-likeness (QED) is 0.923. The Morgan fingerprint density at radius 1 is 1.29 bits per heavy atom. The van der Waals surface area contributed by atoms with Gasteiger partial charge in [-0.1, -0.05) is 18.2 Å². The highest BCUT2D eigenvalue weighted by atomic mass is 16.4. The summed E-state index contributed by atoms with van der Waals surface area (Å²) in [6.07, 6.45) is 3.43. The van der Waals surface area contributed by atoms with Crippen LogP contribution in [0.3, 0.4) is 0 Å². The molecule has 1 aliphatic heterocycles.